The number of piperazine rings is 1. The van der Waals surface area contributed by atoms with Crippen LogP contribution in [-0.2, 0) is 4.79 Å². The predicted octanol–water partition coefficient (Wildman–Crippen LogP) is 0.289. The van der Waals surface area contributed by atoms with E-state index in [9.17, 15) is 4.79 Å². The Bertz CT molecular complexity index is 405. The van der Waals surface area contributed by atoms with Crippen molar-refractivity contribution in [2.24, 2.45) is 0 Å². The van der Waals surface area contributed by atoms with E-state index in [2.05, 4.69) is 32.6 Å². The molecule has 9 heteroatoms. The smallest absolute Gasteiger partial charge is 0.313 e. The van der Waals surface area contributed by atoms with Crippen LogP contribution in [0.15, 0.2) is 4.34 Å². The second-order valence-corrected chi connectivity index (χ2v) is 6.16. The summed E-state index contributed by atoms with van der Waals surface area (Å²) in [5.41, 5.74) is 3.20. The van der Waals surface area contributed by atoms with Gasteiger partial charge in [-0.15, -0.1) is 10.2 Å². The molecule has 0 unspecified atom stereocenters. The zero-order chi connectivity index (χ0) is 13.0. The van der Waals surface area contributed by atoms with Crippen molar-refractivity contribution in [3.05, 3.63) is 0 Å². The summed E-state index contributed by atoms with van der Waals surface area (Å²) >= 11 is 2.57. The van der Waals surface area contributed by atoms with E-state index in [0.29, 0.717) is 9.47 Å². The third-order valence-corrected chi connectivity index (χ3v) is 4.43. The number of nitrogens with zero attached hydrogens (tertiary/aromatic N) is 4. The molecule has 0 amide bonds. The molecule has 0 aromatic carbocycles. The molecule has 0 aliphatic carbocycles. The first-order valence-electron chi connectivity index (χ1n) is 5.52. The molecule has 1 saturated heterocycles. The number of hydrogen-bond donors (Lipinski definition) is 2. The molecule has 1 aromatic heterocycles. The fourth-order valence-electron chi connectivity index (χ4n) is 1.49. The summed E-state index contributed by atoms with van der Waals surface area (Å²) in [7, 11) is 2.10. The van der Waals surface area contributed by atoms with E-state index in [1.54, 1.807) is 0 Å². The van der Waals surface area contributed by atoms with Crippen molar-refractivity contribution in [2.45, 2.75) is 4.34 Å². The number of aliphatic carboxylic acids is 1. The number of nitrogens with one attached hydrogen (secondary N) is 1. The maximum absolute atomic E-state index is 10.4. The lowest BCUT2D eigenvalue weighted by atomic mass is 10.4. The van der Waals surface area contributed by atoms with Gasteiger partial charge >= 0.3 is 5.97 Å². The Kier molecular flexibility index (Phi) is 4.75. The van der Waals surface area contributed by atoms with Gasteiger partial charge in [-0.2, -0.15) is 0 Å². The van der Waals surface area contributed by atoms with E-state index in [4.69, 9.17) is 5.11 Å². The number of carboxylic acids is 1. The van der Waals surface area contributed by atoms with Crippen LogP contribution in [0.4, 0.5) is 5.13 Å². The van der Waals surface area contributed by atoms with Crippen molar-refractivity contribution >= 4 is 34.2 Å². The molecule has 1 fully saturated rings. The van der Waals surface area contributed by atoms with Gasteiger partial charge in [-0.25, -0.2) is 5.01 Å². The van der Waals surface area contributed by atoms with Crippen molar-refractivity contribution in [3.63, 3.8) is 0 Å². The van der Waals surface area contributed by atoms with E-state index < -0.39 is 5.97 Å². The minimum Gasteiger partial charge on any atom is -0.481 e. The number of anilines is 1. The molecule has 0 spiro atoms. The Morgan fingerprint density at radius 1 is 1.44 bits per heavy atom. The maximum atomic E-state index is 10.4. The van der Waals surface area contributed by atoms with E-state index in [0.717, 1.165) is 26.2 Å². The standard InChI is InChI=1S/C9H15N5O2S2/c1-13-2-4-14(5-3-13)12-8-10-11-9(18-8)17-6-7(15)16/h2-6H2,1H3,(H,10,12)(H,15,16). The lowest BCUT2D eigenvalue weighted by Crippen LogP contribution is -2.46. The third-order valence-electron chi connectivity index (χ3n) is 2.48. The van der Waals surface area contributed by atoms with Gasteiger partial charge in [0.05, 0.1) is 5.75 Å². The van der Waals surface area contributed by atoms with Crippen molar-refractivity contribution in [1.82, 2.24) is 20.1 Å². The largest absolute Gasteiger partial charge is 0.481 e. The molecule has 0 bridgehead atoms. The molecular weight excluding hydrogens is 274 g/mol. The van der Waals surface area contributed by atoms with Gasteiger partial charge in [-0.3, -0.25) is 10.2 Å². The fraction of sp³-hybridized carbons (Fsp3) is 0.667. The predicted molar refractivity (Wildman–Crippen MR) is 71.0 cm³/mol. The van der Waals surface area contributed by atoms with Crippen LogP contribution in [0.5, 0.6) is 0 Å². The molecule has 18 heavy (non-hydrogen) atoms. The molecule has 2 heterocycles. The lowest BCUT2D eigenvalue weighted by molar-refractivity contribution is -0.133. The first kappa shape index (κ1) is 13.5. The molecule has 0 saturated carbocycles. The third kappa shape index (κ3) is 4.09. The van der Waals surface area contributed by atoms with Gasteiger partial charge < -0.3 is 10.0 Å². The van der Waals surface area contributed by atoms with Gasteiger partial charge in [-0.05, 0) is 7.05 Å². The van der Waals surface area contributed by atoms with Gasteiger partial charge in [0, 0.05) is 26.2 Å². The summed E-state index contributed by atoms with van der Waals surface area (Å²) in [5.74, 6) is -0.827. The summed E-state index contributed by atoms with van der Waals surface area (Å²) in [6.45, 7) is 3.92. The Morgan fingerprint density at radius 3 is 2.83 bits per heavy atom. The Hall–Kier alpha value is -0.900. The number of hydrazine groups is 1. The molecule has 2 rings (SSSR count). The van der Waals surface area contributed by atoms with Crippen molar-refractivity contribution in [1.29, 1.82) is 0 Å². The number of carbonyl (C=O) groups is 1. The number of hydrogen-bond acceptors (Lipinski definition) is 8. The summed E-state index contributed by atoms with van der Waals surface area (Å²) in [6.07, 6.45) is 0. The highest BCUT2D eigenvalue weighted by molar-refractivity contribution is 8.01. The molecule has 2 N–H and O–H groups in total. The van der Waals surface area contributed by atoms with Crippen LogP contribution in [0.1, 0.15) is 0 Å². The molecule has 7 nitrogen and oxygen atoms in total. The number of carboxylic acid groups (broad SMARTS) is 1. The summed E-state index contributed by atoms with van der Waals surface area (Å²) in [6, 6.07) is 0. The number of thioether (sulfide) groups is 1. The van der Waals surface area contributed by atoms with Crippen LogP contribution in [0, 0.1) is 0 Å². The van der Waals surface area contributed by atoms with E-state index in [1.165, 1.54) is 23.1 Å². The minimum atomic E-state index is -0.844. The highest BCUT2D eigenvalue weighted by Crippen LogP contribution is 2.25. The van der Waals surface area contributed by atoms with Gasteiger partial charge in [-0.1, -0.05) is 23.1 Å². The average Bonchev–Trinajstić information content (AvgIpc) is 2.77. The Balaban J connectivity index is 1.81. The van der Waals surface area contributed by atoms with Gasteiger partial charge in [0.1, 0.15) is 0 Å². The second kappa shape index (κ2) is 6.32. The average molecular weight is 289 g/mol. The molecule has 1 aliphatic heterocycles. The molecule has 0 atom stereocenters. The lowest BCUT2D eigenvalue weighted by Gasteiger charge is -2.31. The van der Waals surface area contributed by atoms with Gasteiger partial charge in [0.15, 0.2) is 4.34 Å². The van der Waals surface area contributed by atoms with Crippen molar-refractivity contribution in [3.8, 4) is 0 Å². The second-order valence-electron chi connectivity index (χ2n) is 3.96. The highest BCUT2D eigenvalue weighted by Gasteiger charge is 2.15. The van der Waals surface area contributed by atoms with Crippen LogP contribution in [0.3, 0.4) is 0 Å². The normalized spacial score (nSPS) is 17.8. The topological polar surface area (TPSA) is 81.6 Å². The van der Waals surface area contributed by atoms with E-state index in [-0.39, 0.29) is 5.75 Å². The molecule has 100 valence electrons. The van der Waals surface area contributed by atoms with Crippen LogP contribution in [0.2, 0.25) is 0 Å². The Morgan fingerprint density at radius 2 is 2.17 bits per heavy atom. The quantitative estimate of drug-likeness (QED) is 0.749. The zero-order valence-electron chi connectivity index (χ0n) is 10.00. The minimum absolute atomic E-state index is 0.0170. The highest BCUT2D eigenvalue weighted by atomic mass is 32.2. The molecule has 1 aromatic rings. The molecule has 0 radical (unpaired) electrons. The fourth-order valence-corrected chi connectivity index (χ4v) is 2.99. The molecule has 1 aliphatic rings. The monoisotopic (exact) mass is 289 g/mol. The van der Waals surface area contributed by atoms with E-state index >= 15 is 0 Å². The van der Waals surface area contributed by atoms with E-state index in [1.807, 2.05) is 0 Å². The van der Waals surface area contributed by atoms with Crippen LogP contribution >= 0.6 is 23.1 Å². The number of aromatic nitrogens is 2. The molecular formula is C9H15N5O2S2. The van der Waals surface area contributed by atoms with Crippen LogP contribution in [-0.4, -0.2) is 70.2 Å². The summed E-state index contributed by atoms with van der Waals surface area (Å²) in [5, 5.41) is 19.3. The van der Waals surface area contributed by atoms with Crippen molar-refractivity contribution in [2.75, 3.05) is 44.4 Å². The first-order valence-corrected chi connectivity index (χ1v) is 7.32. The first-order chi connectivity index (χ1) is 8.63. The number of rotatable bonds is 5. The van der Waals surface area contributed by atoms with Crippen molar-refractivity contribution < 1.29 is 9.90 Å². The van der Waals surface area contributed by atoms with Crippen LogP contribution < -0.4 is 5.43 Å². The Labute approximate surface area is 113 Å². The number of likely N-dealkylation sites (N-methyl/N-ethyl adjacent to an activating group) is 1. The van der Waals surface area contributed by atoms with Gasteiger partial charge in [0.25, 0.3) is 0 Å². The maximum Gasteiger partial charge on any atom is 0.313 e. The summed E-state index contributed by atoms with van der Waals surface area (Å²) < 4.78 is 0.675. The van der Waals surface area contributed by atoms with Gasteiger partial charge in [0.2, 0.25) is 5.13 Å². The summed E-state index contributed by atoms with van der Waals surface area (Å²) in [4.78, 5) is 12.7. The SMILES string of the molecule is CN1CCN(Nc2nnc(SCC(=O)O)s2)CC1. The van der Waals surface area contributed by atoms with Crippen LogP contribution in [0.25, 0.3) is 0 Å². The zero-order valence-corrected chi connectivity index (χ0v) is 11.6.